The highest BCUT2D eigenvalue weighted by molar-refractivity contribution is 5.92. The molecule has 3 heterocycles. The number of aromatic amines is 1. The van der Waals surface area contributed by atoms with E-state index in [9.17, 15) is 4.79 Å². The summed E-state index contributed by atoms with van der Waals surface area (Å²) < 4.78 is 0. The Morgan fingerprint density at radius 3 is 2.64 bits per heavy atom. The minimum absolute atomic E-state index is 0.0406. The molecule has 1 fully saturated rings. The first-order valence-electron chi connectivity index (χ1n) is 8.47. The molecule has 1 aliphatic rings. The van der Waals surface area contributed by atoms with E-state index in [1.807, 2.05) is 23.1 Å². The lowest BCUT2D eigenvalue weighted by molar-refractivity contribution is 0.0705. The van der Waals surface area contributed by atoms with Crippen LogP contribution in [0.3, 0.4) is 0 Å². The molecule has 0 bridgehead atoms. The van der Waals surface area contributed by atoms with E-state index >= 15 is 0 Å². The molecule has 1 aromatic carbocycles. The summed E-state index contributed by atoms with van der Waals surface area (Å²) in [6, 6.07) is 12.3. The lowest BCUT2D eigenvalue weighted by atomic mass is 9.93. The van der Waals surface area contributed by atoms with Crippen LogP contribution in [-0.4, -0.2) is 44.1 Å². The Morgan fingerprint density at radius 2 is 1.92 bits per heavy atom. The summed E-state index contributed by atoms with van der Waals surface area (Å²) >= 11 is 0. The SMILES string of the molecule is O=C(c1cnccn1)N1CCC(c2cc(-c3ccccc3)n[nH]2)CC1. The second-order valence-corrected chi connectivity index (χ2v) is 6.23. The summed E-state index contributed by atoms with van der Waals surface area (Å²) in [7, 11) is 0. The van der Waals surface area contributed by atoms with Gasteiger partial charge in [0.1, 0.15) is 5.69 Å². The summed E-state index contributed by atoms with van der Waals surface area (Å²) in [6.45, 7) is 1.44. The van der Waals surface area contributed by atoms with Crippen molar-refractivity contribution < 1.29 is 4.79 Å². The standard InChI is InChI=1S/C19H19N5O/c25-19(18-13-20-8-9-21-18)24-10-6-15(7-11-24)17-12-16(22-23-17)14-4-2-1-3-5-14/h1-5,8-9,12-13,15H,6-7,10-11H2,(H,22,23). The Kier molecular flexibility index (Phi) is 4.24. The molecule has 1 saturated heterocycles. The van der Waals surface area contributed by atoms with E-state index < -0.39 is 0 Å². The van der Waals surface area contributed by atoms with E-state index in [0.29, 0.717) is 11.6 Å². The Bertz CT molecular complexity index is 839. The lowest BCUT2D eigenvalue weighted by Crippen LogP contribution is -2.38. The average molecular weight is 333 g/mol. The van der Waals surface area contributed by atoms with Crippen molar-refractivity contribution in [2.45, 2.75) is 18.8 Å². The Hall–Kier alpha value is -3.02. The summed E-state index contributed by atoms with van der Waals surface area (Å²) in [6.07, 6.45) is 6.49. The van der Waals surface area contributed by atoms with Crippen LogP contribution in [0.5, 0.6) is 0 Å². The number of H-pyrrole nitrogens is 1. The lowest BCUT2D eigenvalue weighted by Gasteiger charge is -2.31. The number of piperidine rings is 1. The molecule has 0 radical (unpaired) electrons. The van der Waals surface area contributed by atoms with Crippen LogP contribution in [-0.2, 0) is 0 Å². The van der Waals surface area contributed by atoms with E-state index in [-0.39, 0.29) is 5.91 Å². The molecule has 4 rings (SSSR count). The minimum atomic E-state index is -0.0406. The normalized spacial score (nSPS) is 15.3. The smallest absolute Gasteiger partial charge is 0.274 e. The molecule has 1 aliphatic heterocycles. The molecule has 0 aliphatic carbocycles. The highest BCUT2D eigenvalue weighted by Crippen LogP contribution is 2.29. The molecule has 0 unspecified atom stereocenters. The van der Waals surface area contributed by atoms with Crippen LogP contribution in [0.4, 0.5) is 0 Å². The fraction of sp³-hybridized carbons (Fsp3) is 0.263. The molecule has 1 N–H and O–H groups in total. The van der Waals surface area contributed by atoms with Crippen LogP contribution >= 0.6 is 0 Å². The summed E-state index contributed by atoms with van der Waals surface area (Å²) in [5.41, 5.74) is 3.63. The van der Waals surface area contributed by atoms with Crippen molar-refractivity contribution in [1.82, 2.24) is 25.1 Å². The fourth-order valence-electron chi connectivity index (χ4n) is 3.27. The van der Waals surface area contributed by atoms with Crippen LogP contribution in [0.2, 0.25) is 0 Å². The van der Waals surface area contributed by atoms with Crippen molar-refractivity contribution in [1.29, 1.82) is 0 Å². The van der Waals surface area contributed by atoms with Crippen LogP contribution in [0, 0.1) is 0 Å². The molecule has 0 spiro atoms. The number of carbonyl (C=O) groups excluding carboxylic acids is 1. The molecule has 25 heavy (non-hydrogen) atoms. The summed E-state index contributed by atoms with van der Waals surface area (Å²) in [5.74, 6) is 0.358. The number of nitrogens with one attached hydrogen (secondary N) is 1. The number of likely N-dealkylation sites (tertiary alicyclic amines) is 1. The average Bonchev–Trinajstić information content (AvgIpc) is 3.19. The number of carbonyl (C=O) groups is 1. The van der Waals surface area contributed by atoms with Crippen LogP contribution in [0.1, 0.15) is 34.9 Å². The van der Waals surface area contributed by atoms with Gasteiger partial charge < -0.3 is 4.90 Å². The number of amides is 1. The van der Waals surface area contributed by atoms with Crippen LogP contribution < -0.4 is 0 Å². The van der Waals surface area contributed by atoms with E-state index in [1.165, 1.54) is 6.20 Å². The number of nitrogens with zero attached hydrogens (tertiary/aromatic N) is 4. The van der Waals surface area contributed by atoms with Gasteiger partial charge in [-0.25, -0.2) is 4.98 Å². The van der Waals surface area contributed by atoms with Crippen molar-refractivity contribution >= 4 is 5.91 Å². The summed E-state index contributed by atoms with van der Waals surface area (Å²) in [4.78, 5) is 22.4. The monoisotopic (exact) mass is 333 g/mol. The van der Waals surface area contributed by atoms with E-state index in [4.69, 9.17) is 0 Å². The molecule has 2 aromatic heterocycles. The summed E-state index contributed by atoms with van der Waals surface area (Å²) in [5, 5.41) is 7.61. The molecule has 126 valence electrons. The number of hydrogen-bond acceptors (Lipinski definition) is 4. The largest absolute Gasteiger partial charge is 0.337 e. The number of hydrogen-bond donors (Lipinski definition) is 1. The van der Waals surface area contributed by atoms with Gasteiger partial charge in [0.05, 0.1) is 11.9 Å². The first kappa shape index (κ1) is 15.5. The van der Waals surface area contributed by atoms with Gasteiger partial charge in [-0.05, 0) is 18.9 Å². The van der Waals surface area contributed by atoms with Crippen molar-refractivity contribution in [2.24, 2.45) is 0 Å². The van der Waals surface area contributed by atoms with Gasteiger partial charge in [0.2, 0.25) is 0 Å². The van der Waals surface area contributed by atoms with Gasteiger partial charge in [0, 0.05) is 42.7 Å². The van der Waals surface area contributed by atoms with Gasteiger partial charge in [-0.3, -0.25) is 14.9 Å². The quantitative estimate of drug-likeness (QED) is 0.800. The van der Waals surface area contributed by atoms with Gasteiger partial charge in [-0.15, -0.1) is 0 Å². The first-order chi connectivity index (χ1) is 12.3. The van der Waals surface area contributed by atoms with Crippen molar-refractivity contribution in [2.75, 3.05) is 13.1 Å². The van der Waals surface area contributed by atoms with E-state index in [0.717, 1.165) is 42.9 Å². The maximum Gasteiger partial charge on any atom is 0.274 e. The van der Waals surface area contributed by atoms with Crippen molar-refractivity contribution in [3.05, 3.63) is 66.4 Å². The third-order valence-electron chi connectivity index (χ3n) is 4.67. The number of benzene rings is 1. The zero-order valence-corrected chi connectivity index (χ0v) is 13.8. The Morgan fingerprint density at radius 1 is 1.12 bits per heavy atom. The zero-order valence-electron chi connectivity index (χ0n) is 13.8. The highest BCUT2D eigenvalue weighted by Gasteiger charge is 2.26. The number of rotatable bonds is 3. The Balaban J connectivity index is 1.41. The third kappa shape index (κ3) is 3.28. The van der Waals surface area contributed by atoms with Gasteiger partial charge in [0.25, 0.3) is 5.91 Å². The van der Waals surface area contributed by atoms with E-state index in [2.05, 4.69) is 38.4 Å². The van der Waals surface area contributed by atoms with Crippen molar-refractivity contribution in [3.63, 3.8) is 0 Å². The molecule has 6 nitrogen and oxygen atoms in total. The minimum Gasteiger partial charge on any atom is -0.337 e. The van der Waals surface area contributed by atoms with Gasteiger partial charge in [-0.1, -0.05) is 30.3 Å². The molecular formula is C19H19N5O. The van der Waals surface area contributed by atoms with Gasteiger partial charge in [0.15, 0.2) is 0 Å². The predicted molar refractivity (Wildman–Crippen MR) is 93.9 cm³/mol. The fourth-order valence-corrected chi connectivity index (χ4v) is 3.27. The molecule has 3 aromatic rings. The molecule has 1 amide bonds. The second kappa shape index (κ2) is 6.84. The Labute approximate surface area is 145 Å². The van der Waals surface area contributed by atoms with Crippen LogP contribution in [0.25, 0.3) is 11.3 Å². The number of aromatic nitrogens is 4. The topological polar surface area (TPSA) is 74.8 Å². The molecular weight excluding hydrogens is 314 g/mol. The maximum atomic E-state index is 12.4. The predicted octanol–water partition coefficient (Wildman–Crippen LogP) is 2.89. The highest BCUT2D eigenvalue weighted by atomic mass is 16.2. The first-order valence-corrected chi connectivity index (χ1v) is 8.47. The van der Waals surface area contributed by atoms with E-state index in [1.54, 1.807) is 12.4 Å². The molecule has 0 atom stereocenters. The van der Waals surface area contributed by atoms with Crippen molar-refractivity contribution in [3.8, 4) is 11.3 Å². The van der Waals surface area contributed by atoms with Crippen LogP contribution in [0.15, 0.2) is 55.0 Å². The molecule has 0 saturated carbocycles. The third-order valence-corrected chi connectivity index (χ3v) is 4.67. The maximum absolute atomic E-state index is 12.4. The van der Waals surface area contributed by atoms with Gasteiger partial charge >= 0.3 is 0 Å². The second-order valence-electron chi connectivity index (χ2n) is 6.23. The molecule has 6 heteroatoms. The van der Waals surface area contributed by atoms with Gasteiger partial charge in [-0.2, -0.15) is 5.10 Å². The zero-order chi connectivity index (χ0) is 17.1.